The standard InChI is InChI=1S/C10H15NO2S2/c1-4-10(14,5-13-8(3)12)9-7(2)11-6-15-9/h6,14H,4-5H2,1-3H3. The van der Waals surface area contributed by atoms with Gasteiger partial charge in [-0.25, -0.2) is 4.98 Å². The first-order valence-electron chi connectivity index (χ1n) is 4.76. The van der Waals surface area contributed by atoms with Gasteiger partial charge in [-0.05, 0) is 13.3 Å². The highest BCUT2D eigenvalue weighted by Crippen LogP contribution is 2.37. The second kappa shape index (κ2) is 4.99. The van der Waals surface area contributed by atoms with Crippen LogP contribution >= 0.6 is 24.0 Å². The third kappa shape index (κ3) is 2.95. The van der Waals surface area contributed by atoms with Crippen molar-refractivity contribution in [2.75, 3.05) is 6.61 Å². The molecule has 1 atom stereocenters. The van der Waals surface area contributed by atoms with Crippen molar-refractivity contribution in [1.82, 2.24) is 4.98 Å². The van der Waals surface area contributed by atoms with E-state index >= 15 is 0 Å². The molecular formula is C10H15NO2S2. The fourth-order valence-electron chi connectivity index (χ4n) is 1.30. The number of nitrogens with zero attached hydrogens (tertiary/aromatic N) is 1. The van der Waals surface area contributed by atoms with Gasteiger partial charge < -0.3 is 4.74 Å². The molecule has 0 aliphatic rings. The second-order valence-corrected chi connectivity index (χ2v) is 5.14. The largest absolute Gasteiger partial charge is 0.464 e. The molecule has 1 unspecified atom stereocenters. The Balaban J connectivity index is 2.85. The van der Waals surface area contributed by atoms with E-state index in [1.165, 1.54) is 6.92 Å². The third-order valence-electron chi connectivity index (χ3n) is 2.27. The maximum atomic E-state index is 10.8. The molecule has 1 rings (SSSR count). The molecule has 5 heteroatoms. The van der Waals surface area contributed by atoms with E-state index in [1.807, 2.05) is 13.8 Å². The molecule has 1 aromatic heterocycles. The first kappa shape index (κ1) is 12.5. The molecule has 1 aromatic rings. The zero-order valence-electron chi connectivity index (χ0n) is 9.11. The summed E-state index contributed by atoms with van der Waals surface area (Å²) in [5, 5.41) is 0. The number of thiazole rings is 1. The molecule has 0 aliphatic carbocycles. The zero-order valence-corrected chi connectivity index (χ0v) is 10.8. The summed E-state index contributed by atoms with van der Waals surface area (Å²) in [6.07, 6.45) is 0.798. The van der Waals surface area contributed by atoms with Crippen LogP contribution in [0.1, 0.15) is 30.8 Å². The molecule has 0 saturated carbocycles. The minimum Gasteiger partial charge on any atom is -0.464 e. The maximum absolute atomic E-state index is 10.8. The van der Waals surface area contributed by atoms with Crippen molar-refractivity contribution in [3.8, 4) is 0 Å². The van der Waals surface area contributed by atoms with E-state index in [4.69, 9.17) is 4.74 Å². The van der Waals surface area contributed by atoms with Crippen molar-refractivity contribution >= 4 is 29.9 Å². The van der Waals surface area contributed by atoms with Crippen LogP contribution < -0.4 is 0 Å². The van der Waals surface area contributed by atoms with Gasteiger partial charge in [0.1, 0.15) is 6.61 Å². The number of aryl methyl sites for hydroxylation is 1. The predicted molar refractivity (Wildman–Crippen MR) is 64.4 cm³/mol. The van der Waals surface area contributed by atoms with Gasteiger partial charge in [0.2, 0.25) is 0 Å². The van der Waals surface area contributed by atoms with Crippen LogP contribution in [0.15, 0.2) is 5.51 Å². The van der Waals surface area contributed by atoms with Gasteiger partial charge in [0.15, 0.2) is 0 Å². The van der Waals surface area contributed by atoms with Crippen LogP contribution in [0.5, 0.6) is 0 Å². The number of rotatable bonds is 4. The number of hydrogen-bond donors (Lipinski definition) is 1. The fraction of sp³-hybridized carbons (Fsp3) is 0.600. The Morgan fingerprint density at radius 1 is 1.73 bits per heavy atom. The highest BCUT2D eigenvalue weighted by Gasteiger charge is 2.30. The van der Waals surface area contributed by atoms with E-state index in [0.717, 1.165) is 17.0 Å². The first-order chi connectivity index (χ1) is 6.99. The minimum atomic E-state index is -0.406. The summed E-state index contributed by atoms with van der Waals surface area (Å²) >= 11 is 6.17. The molecule has 0 spiro atoms. The van der Waals surface area contributed by atoms with E-state index < -0.39 is 4.75 Å². The minimum absolute atomic E-state index is 0.274. The number of thiol groups is 1. The quantitative estimate of drug-likeness (QED) is 0.654. The second-order valence-electron chi connectivity index (χ2n) is 3.43. The third-order valence-corrected chi connectivity index (χ3v) is 4.22. The molecular weight excluding hydrogens is 230 g/mol. The Hall–Kier alpha value is -0.550. The summed E-state index contributed by atoms with van der Waals surface area (Å²) in [6, 6.07) is 0. The molecule has 0 aromatic carbocycles. The molecule has 0 bridgehead atoms. The molecule has 15 heavy (non-hydrogen) atoms. The zero-order chi connectivity index (χ0) is 11.5. The first-order valence-corrected chi connectivity index (χ1v) is 6.08. The van der Waals surface area contributed by atoms with Gasteiger partial charge in [-0.15, -0.1) is 11.3 Å². The Bertz CT molecular complexity index is 351. The summed E-state index contributed by atoms with van der Waals surface area (Å²) in [4.78, 5) is 16.1. The van der Waals surface area contributed by atoms with Gasteiger partial charge in [-0.1, -0.05) is 6.92 Å². The molecule has 84 valence electrons. The smallest absolute Gasteiger partial charge is 0.302 e. The Morgan fingerprint density at radius 2 is 2.40 bits per heavy atom. The van der Waals surface area contributed by atoms with Crippen molar-refractivity contribution in [2.24, 2.45) is 0 Å². The summed E-state index contributed by atoms with van der Waals surface area (Å²) in [6.45, 7) is 5.67. The summed E-state index contributed by atoms with van der Waals surface area (Å²) in [5.74, 6) is -0.274. The maximum Gasteiger partial charge on any atom is 0.302 e. The number of carbonyl (C=O) groups is 1. The Morgan fingerprint density at radius 3 is 2.80 bits per heavy atom. The molecule has 0 amide bonds. The van der Waals surface area contributed by atoms with Crippen molar-refractivity contribution in [2.45, 2.75) is 31.9 Å². The predicted octanol–water partition coefficient (Wildman–Crippen LogP) is 2.55. The molecule has 0 aliphatic heterocycles. The van der Waals surface area contributed by atoms with E-state index in [9.17, 15) is 4.79 Å². The SMILES string of the molecule is CCC(S)(COC(C)=O)c1scnc1C. The van der Waals surface area contributed by atoms with Crippen LogP contribution in [0.25, 0.3) is 0 Å². The van der Waals surface area contributed by atoms with E-state index in [-0.39, 0.29) is 5.97 Å². The van der Waals surface area contributed by atoms with Crippen LogP contribution in [-0.4, -0.2) is 17.6 Å². The lowest BCUT2D eigenvalue weighted by molar-refractivity contribution is -0.141. The van der Waals surface area contributed by atoms with Crippen LogP contribution in [-0.2, 0) is 14.3 Å². The monoisotopic (exact) mass is 245 g/mol. The van der Waals surface area contributed by atoms with Crippen molar-refractivity contribution < 1.29 is 9.53 Å². The topological polar surface area (TPSA) is 39.2 Å². The Kier molecular flexibility index (Phi) is 4.16. The lowest BCUT2D eigenvalue weighted by Gasteiger charge is -2.25. The lowest BCUT2D eigenvalue weighted by Crippen LogP contribution is -2.25. The number of aromatic nitrogens is 1. The van der Waals surface area contributed by atoms with Gasteiger partial charge >= 0.3 is 5.97 Å². The number of carbonyl (C=O) groups excluding carboxylic acids is 1. The van der Waals surface area contributed by atoms with Gasteiger partial charge in [-0.3, -0.25) is 4.79 Å². The molecule has 1 heterocycles. The van der Waals surface area contributed by atoms with Gasteiger partial charge in [0.05, 0.1) is 16.0 Å². The van der Waals surface area contributed by atoms with Crippen LogP contribution in [0.4, 0.5) is 0 Å². The number of hydrogen-bond acceptors (Lipinski definition) is 5. The summed E-state index contributed by atoms with van der Waals surface area (Å²) in [7, 11) is 0. The molecule has 0 radical (unpaired) electrons. The fourth-order valence-corrected chi connectivity index (χ4v) is 2.64. The number of esters is 1. The van der Waals surface area contributed by atoms with Crippen LogP contribution in [0.2, 0.25) is 0 Å². The molecule has 0 N–H and O–H groups in total. The average Bonchev–Trinajstić information content (AvgIpc) is 2.61. The van der Waals surface area contributed by atoms with Gasteiger partial charge in [0.25, 0.3) is 0 Å². The average molecular weight is 245 g/mol. The van der Waals surface area contributed by atoms with Crippen LogP contribution in [0.3, 0.4) is 0 Å². The van der Waals surface area contributed by atoms with E-state index in [0.29, 0.717) is 6.61 Å². The summed E-state index contributed by atoms with van der Waals surface area (Å²) < 4.78 is 4.63. The van der Waals surface area contributed by atoms with Crippen molar-refractivity contribution in [3.05, 3.63) is 16.1 Å². The van der Waals surface area contributed by atoms with E-state index in [2.05, 4.69) is 17.6 Å². The molecule has 0 fully saturated rings. The highest BCUT2D eigenvalue weighted by atomic mass is 32.1. The van der Waals surface area contributed by atoms with Crippen LogP contribution in [0, 0.1) is 6.92 Å². The lowest BCUT2D eigenvalue weighted by atomic mass is 10.0. The number of ether oxygens (including phenoxy) is 1. The van der Waals surface area contributed by atoms with Gasteiger partial charge in [0, 0.05) is 11.8 Å². The summed E-state index contributed by atoms with van der Waals surface area (Å²) in [5.41, 5.74) is 2.75. The van der Waals surface area contributed by atoms with Crippen molar-refractivity contribution in [3.63, 3.8) is 0 Å². The van der Waals surface area contributed by atoms with Gasteiger partial charge in [-0.2, -0.15) is 12.6 Å². The molecule has 3 nitrogen and oxygen atoms in total. The molecule has 0 saturated heterocycles. The van der Waals surface area contributed by atoms with E-state index in [1.54, 1.807) is 16.8 Å². The Labute approximate surface area is 99.3 Å². The highest BCUT2D eigenvalue weighted by molar-refractivity contribution is 7.81. The normalized spacial score (nSPS) is 14.7. The van der Waals surface area contributed by atoms with Crippen molar-refractivity contribution in [1.29, 1.82) is 0 Å².